The van der Waals surface area contributed by atoms with Gasteiger partial charge in [-0.25, -0.2) is 4.39 Å². The van der Waals surface area contributed by atoms with Gasteiger partial charge < -0.3 is 4.74 Å². The van der Waals surface area contributed by atoms with Crippen molar-refractivity contribution >= 4 is 51.9 Å². The maximum atomic E-state index is 13.7. The molecule has 1 aliphatic heterocycles. The number of nitrogens with zero attached hydrogens (tertiary/aromatic N) is 2. The number of hydrogen-bond donors (Lipinski definition) is 0. The Kier molecular flexibility index (Phi) is 6.65. The van der Waals surface area contributed by atoms with Crippen LogP contribution in [0.5, 0.6) is 5.75 Å². The third-order valence-electron chi connectivity index (χ3n) is 4.53. The smallest absolute Gasteiger partial charge is 0.266 e. The third-order valence-corrected chi connectivity index (χ3v) is 6.20. The Bertz CT molecular complexity index is 1170. The highest BCUT2D eigenvalue weighted by atomic mass is 35.5. The number of thiocarbonyl (C=S) groups is 1. The number of carbonyl (C=O) groups is 1. The molecule has 1 aliphatic rings. The van der Waals surface area contributed by atoms with Gasteiger partial charge in [-0.3, -0.25) is 14.7 Å². The van der Waals surface area contributed by atoms with E-state index in [1.807, 2.05) is 12.1 Å². The van der Waals surface area contributed by atoms with Gasteiger partial charge >= 0.3 is 0 Å². The van der Waals surface area contributed by atoms with E-state index < -0.39 is 0 Å². The summed E-state index contributed by atoms with van der Waals surface area (Å²) < 4.78 is 19.9. The molecule has 8 heteroatoms. The molecule has 156 valence electrons. The summed E-state index contributed by atoms with van der Waals surface area (Å²) in [5, 5.41) is 0.371. The monoisotopic (exact) mass is 470 g/mol. The van der Waals surface area contributed by atoms with E-state index in [-0.39, 0.29) is 18.3 Å². The van der Waals surface area contributed by atoms with E-state index in [9.17, 15) is 9.18 Å². The Morgan fingerprint density at radius 3 is 2.77 bits per heavy atom. The highest BCUT2D eigenvalue weighted by molar-refractivity contribution is 8.26. The SMILES string of the molecule is O=C1C(=Cc2ccc(OCc3ccccc3F)c(Cl)c2)SC(=S)N1Cc1cccnc1. The summed E-state index contributed by atoms with van der Waals surface area (Å²) in [5.74, 6) is -0.0513. The van der Waals surface area contributed by atoms with Gasteiger partial charge in [0.25, 0.3) is 5.91 Å². The van der Waals surface area contributed by atoms with Gasteiger partial charge in [0.1, 0.15) is 22.5 Å². The topological polar surface area (TPSA) is 42.4 Å². The second-order valence-electron chi connectivity index (χ2n) is 6.70. The van der Waals surface area contributed by atoms with Gasteiger partial charge in [-0.15, -0.1) is 0 Å². The second kappa shape index (κ2) is 9.60. The van der Waals surface area contributed by atoms with E-state index in [0.717, 1.165) is 11.1 Å². The Morgan fingerprint density at radius 1 is 1.19 bits per heavy atom. The van der Waals surface area contributed by atoms with Crippen LogP contribution in [0.2, 0.25) is 5.02 Å². The fourth-order valence-corrected chi connectivity index (χ4v) is 4.46. The van der Waals surface area contributed by atoms with Crippen LogP contribution in [0.15, 0.2) is 71.9 Å². The van der Waals surface area contributed by atoms with E-state index in [1.165, 1.54) is 17.8 Å². The highest BCUT2D eigenvalue weighted by Crippen LogP contribution is 2.35. The van der Waals surface area contributed by atoms with Gasteiger partial charge in [0.05, 0.1) is 16.5 Å². The third kappa shape index (κ3) is 5.12. The average molecular weight is 471 g/mol. The number of pyridine rings is 1. The zero-order chi connectivity index (χ0) is 21.8. The van der Waals surface area contributed by atoms with Gasteiger partial charge in [0, 0.05) is 18.0 Å². The van der Waals surface area contributed by atoms with Gasteiger partial charge in [-0.2, -0.15) is 0 Å². The summed E-state index contributed by atoms with van der Waals surface area (Å²) in [5.41, 5.74) is 2.09. The van der Waals surface area contributed by atoms with Crippen LogP contribution in [0.3, 0.4) is 0 Å². The van der Waals surface area contributed by atoms with Gasteiger partial charge in [-0.1, -0.05) is 65.9 Å². The Balaban J connectivity index is 1.46. The Labute approximate surface area is 193 Å². The predicted octanol–water partition coefficient (Wildman–Crippen LogP) is 5.85. The lowest BCUT2D eigenvalue weighted by atomic mass is 10.2. The van der Waals surface area contributed by atoms with Gasteiger partial charge in [-0.05, 0) is 41.5 Å². The molecule has 0 saturated carbocycles. The molecule has 0 aliphatic carbocycles. The first kappa shape index (κ1) is 21.5. The number of rotatable bonds is 6. The molecule has 1 fully saturated rings. The van der Waals surface area contributed by atoms with Crippen LogP contribution in [0, 0.1) is 5.82 Å². The number of thioether (sulfide) groups is 1. The number of carbonyl (C=O) groups excluding carboxylic acids is 1. The van der Waals surface area contributed by atoms with Crippen LogP contribution in [-0.4, -0.2) is 20.1 Å². The summed E-state index contributed by atoms with van der Waals surface area (Å²) in [6, 6.07) is 15.3. The maximum Gasteiger partial charge on any atom is 0.266 e. The van der Waals surface area contributed by atoms with Crippen molar-refractivity contribution in [2.75, 3.05) is 0 Å². The molecule has 2 heterocycles. The molecular weight excluding hydrogens is 455 g/mol. The van der Waals surface area contributed by atoms with Crippen molar-refractivity contribution in [3.8, 4) is 5.75 Å². The van der Waals surface area contributed by atoms with Crippen molar-refractivity contribution in [2.45, 2.75) is 13.2 Å². The normalized spacial score (nSPS) is 15.0. The number of hydrogen-bond acceptors (Lipinski definition) is 5. The van der Waals surface area contributed by atoms with E-state index in [4.69, 9.17) is 28.6 Å². The molecule has 0 unspecified atom stereocenters. The average Bonchev–Trinajstić information content (AvgIpc) is 3.02. The lowest BCUT2D eigenvalue weighted by Crippen LogP contribution is -2.27. The molecule has 1 amide bonds. The number of halogens is 2. The van der Waals surface area contributed by atoms with Crippen LogP contribution in [-0.2, 0) is 17.9 Å². The Morgan fingerprint density at radius 2 is 2.03 bits per heavy atom. The summed E-state index contributed by atoms with van der Waals surface area (Å²) in [7, 11) is 0. The molecule has 1 saturated heterocycles. The van der Waals surface area contributed by atoms with E-state index in [2.05, 4.69) is 4.98 Å². The fraction of sp³-hybridized carbons (Fsp3) is 0.0870. The van der Waals surface area contributed by atoms with E-state index in [0.29, 0.717) is 32.1 Å². The van der Waals surface area contributed by atoms with Crippen molar-refractivity contribution in [1.82, 2.24) is 9.88 Å². The first-order valence-electron chi connectivity index (χ1n) is 9.31. The predicted molar refractivity (Wildman–Crippen MR) is 125 cm³/mol. The molecule has 0 N–H and O–H groups in total. The number of amides is 1. The quantitative estimate of drug-likeness (QED) is 0.333. The molecule has 4 rings (SSSR count). The highest BCUT2D eigenvalue weighted by Gasteiger charge is 2.32. The van der Waals surface area contributed by atoms with Crippen LogP contribution in [0.25, 0.3) is 6.08 Å². The minimum Gasteiger partial charge on any atom is -0.487 e. The molecule has 4 nitrogen and oxygen atoms in total. The first-order valence-corrected chi connectivity index (χ1v) is 10.9. The lowest BCUT2D eigenvalue weighted by Gasteiger charge is -2.13. The molecular formula is C23H16ClFN2O2S2. The first-order chi connectivity index (χ1) is 15.0. The fourth-order valence-electron chi connectivity index (χ4n) is 2.96. The standard InChI is InChI=1S/C23H16ClFN2O2S2/c24-18-10-15(7-8-20(18)29-14-17-5-1-2-6-19(17)25)11-21-22(28)27(23(30)31-21)13-16-4-3-9-26-12-16/h1-12H,13-14H2. The van der Waals surface area contributed by atoms with Crippen molar-refractivity contribution in [3.05, 3.63) is 99.4 Å². The van der Waals surface area contributed by atoms with Crippen LogP contribution < -0.4 is 4.74 Å². The molecule has 1 aromatic heterocycles. The number of benzene rings is 2. The van der Waals surface area contributed by atoms with Crippen molar-refractivity contribution in [2.24, 2.45) is 0 Å². The number of aromatic nitrogens is 1. The van der Waals surface area contributed by atoms with Crippen molar-refractivity contribution in [3.63, 3.8) is 0 Å². The minimum absolute atomic E-state index is 0.0682. The molecule has 0 bridgehead atoms. The molecule has 31 heavy (non-hydrogen) atoms. The molecule has 3 aromatic rings. The van der Waals surface area contributed by atoms with Gasteiger partial charge in [0.15, 0.2) is 0 Å². The summed E-state index contributed by atoms with van der Waals surface area (Å²) in [4.78, 5) is 18.9. The van der Waals surface area contributed by atoms with Crippen molar-refractivity contribution < 1.29 is 13.9 Å². The van der Waals surface area contributed by atoms with Crippen LogP contribution in [0.1, 0.15) is 16.7 Å². The zero-order valence-electron chi connectivity index (χ0n) is 16.1. The number of ether oxygens (including phenoxy) is 1. The summed E-state index contributed by atoms with van der Waals surface area (Å²) in [6.07, 6.45) is 5.14. The van der Waals surface area contributed by atoms with Crippen molar-refractivity contribution in [1.29, 1.82) is 0 Å². The minimum atomic E-state index is -0.330. The Hall–Kier alpha value is -2.74. The second-order valence-corrected chi connectivity index (χ2v) is 8.78. The van der Waals surface area contributed by atoms with Crippen LogP contribution >= 0.6 is 35.6 Å². The lowest BCUT2D eigenvalue weighted by molar-refractivity contribution is -0.122. The molecule has 2 aromatic carbocycles. The summed E-state index contributed by atoms with van der Waals surface area (Å²) >= 11 is 13.0. The van der Waals surface area contributed by atoms with Gasteiger partial charge in [0.2, 0.25) is 0 Å². The molecule has 0 spiro atoms. The summed E-state index contributed by atoms with van der Waals surface area (Å²) in [6.45, 7) is 0.443. The van der Waals surface area contributed by atoms with Crippen LogP contribution in [0.4, 0.5) is 4.39 Å². The zero-order valence-corrected chi connectivity index (χ0v) is 18.5. The van der Waals surface area contributed by atoms with E-state index in [1.54, 1.807) is 59.8 Å². The molecule has 0 radical (unpaired) electrons. The van der Waals surface area contributed by atoms with E-state index >= 15 is 0 Å². The largest absolute Gasteiger partial charge is 0.487 e. The maximum absolute atomic E-state index is 13.7. The molecule has 0 atom stereocenters.